The number of rotatable bonds is 6. The highest BCUT2D eigenvalue weighted by Crippen LogP contribution is 2.30. The maximum absolute atomic E-state index is 13.2. The minimum Gasteiger partial charge on any atom is -0.340 e. The summed E-state index contributed by atoms with van der Waals surface area (Å²) in [6.45, 7) is 0.909. The van der Waals surface area contributed by atoms with Gasteiger partial charge >= 0.3 is 0 Å². The third-order valence-electron chi connectivity index (χ3n) is 5.53. The quantitative estimate of drug-likeness (QED) is 0.210. The molecule has 0 saturated carbocycles. The number of piperazine rings is 1. The molecule has 192 valence electrons. The van der Waals surface area contributed by atoms with Gasteiger partial charge in [0.05, 0.1) is 20.7 Å². The van der Waals surface area contributed by atoms with Crippen molar-refractivity contribution in [3.05, 3.63) is 71.4 Å². The van der Waals surface area contributed by atoms with Gasteiger partial charge in [-0.25, -0.2) is 18.4 Å². The molecule has 0 aliphatic carbocycles. The van der Waals surface area contributed by atoms with E-state index in [9.17, 15) is 13.2 Å². The Hall–Kier alpha value is -2.67. The Morgan fingerprint density at radius 1 is 1.14 bits per heavy atom. The van der Waals surface area contributed by atoms with Gasteiger partial charge in [-0.3, -0.25) is 14.8 Å². The monoisotopic (exact) mass is 596 g/mol. The van der Waals surface area contributed by atoms with Crippen molar-refractivity contribution in [3.8, 4) is 0 Å². The summed E-state index contributed by atoms with van der Waals surface area (Å²) in [6.07, 6.45) is 1.55. The predicted molar refractivity (Wildman–Crippen MR) is 148 cm³/mol. The largest absolute Gasteiger partial charge is 0.340 e. The first-order valence-corrected chi connectivity index (χ1v) is 14.5. The molecule has 0 spiro atoms. The fourth-order valence-corrected chi connectivity index (χ4v) is 6.61. The van der Waals surface area contributed by atoms with Gasteiger partial charge in [-0.15, -0.1) is 11.6 Å². The number of hydrogen-bond donors (Lipinski definition) is 3. The number of amides is 1. The summed E-state index contributed by atoms with van der Waals surface area (Å²) in [7, 11) is -3.88. The van der Waals surface area contributed by atoms with Crippen molar-refractivity contribution in [1.82, 2.24) is 20.2 Å². The maximum atomic E-state index is 13.2. The van der Waals surface area contributed by atoms with Crippen LogP contribution >= 0.6 is 46.1 Å². The molecule has 3 N–H and O–H groups in total. The fourth-order valence-electron chi connectivity index (χ4n) is 3.72. The molecular weight excluding hydrogens is 579 g/mol. The Balaban J connectivity index is 1.32. The van der Waals surface area contributed by atoms with E-state index in [1.54, 1.807) is 48.7 Å². The number of sulfonamides is 1. The van der Waals surface area contributed by atoms with Gasteiger partial charge in [0, 0.05) is 30.0 Å². The number of aromatic nitrogens is 2. The first-order chi connectivity index (χ1) is 17.7. The first-order valence-electron chi connectivity index (χ1n) is 10.9. The maximum Gasteiger partial charge on any atom is 0.263 e. The third kappa shape index (κ3) is 5.62. The normalized spacial score (nSPS) is 18.1. The summed E-state index contributed by atoms with van der Waals surface area (Å²) in [4.78, 5) is 23.3. The second-order valence-electron chi connectivity index (χ2n) is 8.01. The summed E-state index contributed by atoms with van der Waals surface area (Å²) in [5, 5.41) is 6.87. The van der Waals surface area contributed by atoms with Gasteiger partial charge < -0.3 is 10.2 Å². The van der Waals surface area contributed by atoms with E-state index in [1.807, 2.05) is 0 Å². The van der Waals surface area contributed by atoms with Crippen LogP contribution in [0.2, 0.25) is 5.02 Å². The Morgan fingerprint density at radius 2 is 1.92 bits per heavy atom. The van der Waals surface area contributed by atoms with Crippen molar-refractivity contribution in [2.75, 3.05) is 23.1 Å². The number of alkyl halides is 2. The number of thiazole rings is 1. The second-order valence-corrected chi connectivity index (χ2v) is 12.1. The first kappa shape index (κ1) is 26.0. The van der Waals surface area contributed by atoms with Gasteiger partial charge in [0.15, 0.2) is 5.13 Å². The number of carbonyl (C=O) groups excluding carboxylic acids is 1. The molecule has 9 nitrogen and oxygen atoms in total. The van der Waals surface area contributed by atoms with Crippen LogP contribution in [-0.2, 0) is 10.0 Å². The summed E-state index contributed by atoms with van der Waals surface area (Å²) in [6, 6.07) is 14.5. The van der Waals surface area contributed by atoms with Crippen LogP contribution < -0.4 is 15.4 Å². The van der Waals surface area contributed by atoms with E-state index < -0.39 is 21.0 Å². The minimum absolute atomic E-state index is 0.0478. The molecular formula is C23H19Cl3N6O3S2. The number of pyridine rings is 1. The van der Waals surface area contributed by atoms with Gasteiger partial charge in [0.2, 0.25) is 0 Å². The molecule has 3 heterocycles. The predicted octanol–water partition coefficient (Wildman–Crippen LogP) is 5.06. The lowest BCUT2D eigenvalue weighted by Crippen LogP contribution is -2.55. The van der Waals surface area contributed by atoms with Crippen LogP contribution in [0.15, 0.2) is 65.7 Å². The zero-order valence-corrected chi connectivity index (χ0v) is 22.8. The topological polar surface area (TPSA) is 116 Å². The number of anilines is 3. The SMILES string of the molecule is O=C(c1cccnc1Nc1ccc(S(=O)(=O)Nc2nc3ccc(Cl)cc3s2)cc1)N1CCNC(Cl)C1Cl. The van der Waals surface area contributed by atoms with E-state index in [-0.39, 0.29) is 15.9 Å². The number of nitrogens with zero attached hydrogens (tertiary/aromatic N) is 3. The smallest absolute Gasteiger partial charge is 0.263 e. The molecule has 4 aromatic rings. The Labute approximate surface area is 231 Å². The van der Waals surface area contributed by atoms with E-state index in [0.29, 0.717) is 40.7 Å². The van der Waals surface area contributed by atoms with Crippen LogP contribution in [0.3, 0.4) is 0 Å². The van der Waals surface area contributed by atoms with Crippen LogP contribution in [0, 0.1) is 0 Å². The average Bonchev–Trinajstić information content (AvgIpc) is 3.26. The van der Waals surface area contributed by atoms with E-state index >= 15 is 0 Å². The van der Waals surface area contributed by atoms with Crippen molar-refractivity contribution in [2.45, 2.75) is 15.9 Å². The lowest BCUT2D eigenvalue weighted by molar-refractivity contribution is 0.0694. The van der Waals surface area contributed by atoms with Crippen molar-refractivity contribution < 1.29 is 13.2 Å². The highest BCUT2D eigenvalue weighted by Gasteiger charge is 2.33. The molecule has 2 unspecified atom stereocenters. The molecule has 0 bridgehead atoms. The van der Waals surface area contributed by atoms with Crippen molar-refractivity contribution >= 4 is 88.9 Å². The molecule has 37 heavy (non-hydrogen) atoms. The number of hydrogen-bond acceptors (Lipinski definition) is 8. The molecule has 2 aromatic heterocycles. The molecule has 1 aliphatic rings. The summed E-state index contributed by atoms with van der Waals surface area (Å²) < 4.78 is 29.1. The van der Waals surface area contributed by atoms with E-state index in [0.717, 1.165) is 4.70 Å². The van der Waals surface area contributed by atoms with Crippen LogP contribution in [0.5, 0.6) is 0 Å². The molecule has 2 aromatic carbocycles. The lowest BCUT2D eigenvalue weighted by atomic mass is 10.2. The fraction of sp³-hybridized carbons (Fsp3) is 0.174. The highest BCUT2D eigenvalue weighted by molar-refractivity contribution is 7.93. The van der Waals surface area contributed by atoms with Crippen LogP contribution in [0.1, 0.15) is 10.4 Å². The summed E-state index contributed by atoms with van der Waals surface area (Å²) in [5.41, 5.74) is 0.208. The number of halogens is 3. The van der Waals surface area contributed by atoms with Crippen LogP contribution in [0.4, 0.5) is 16.6 Å². The average molecular weight is 598 g/mol. The number of fused-ring (bicyclic) bond motifs is 1. The standard InChI is InChI=1S/C23H19Cl3N6O3S2/c24-13-3-8-17-18(12-13)36-23(30-17)31-37(34,35)15-6-4-14(5-7-15)29-21-16(2-1-9-28-21)22(33)32-11-10-27-19(25)20(32)26/h1-9,12,19-20,27H,10-11H2,(H,28,29)(H,30,31). The van der Waals surface area contributed by atoms with E-state index in [2.05, 4.69) is 25.3 Å². The second kappa shape index (κ2) is 10.6. The molecule has 1 fully saturated rings. The Kier molecular flexibility index (Phi) is 7.44. The molecule has 1 saturated heterocycles. The van der Waals surface area contributed by atoms with Crippen molar-refractivity contribution in [3.63, 3.8) is 0 Å². The van der Waals surface area contributed by atoms with Gasteiger partial charge in [-0.2, -0.15) is 0 Å². The molecule has 1 aliphatic heterocycles. The van der Waals surface area contributed by atoms with Gasteiger partial charge in [0.25, 0.3) is 15.9 Å². The van der Waals surface area contributed by atoms with Gasteiger partial charge in [0.1, 0.15) is 16.8 Å². The van der Waals surface area contributed by atoms with Crippen LogP contribution in [-0.4, -0.2) is 53.3 Å². The van der Waals surface area contributed by atoms with E-state index in [4.69, 9.17) is 34.8 Å². The number of benzene rings is 2. The van der Waals surface area contributed by atoms with Crippen molar-refractivity contribution in [1.29, 1.82) is 0 Å². The molecule has 2 atom stereocenters. The molecule has 0 radical (unpaired) electrons. The zero-order chi connectivity index (χ0) is 26.2. The van der Waals surface area contributed by atoms with Crippen molar-refractivity contribution in [2.24, 2.45) is 0 Å². The Morgan fingerprint density at radius 3 is 2.70 bits per heavy atom. The number of carbonyl (C=O) groups is 1. The zero-order valence-electron chi connectivity index (χ0n) is 18.9. The Bertz CT molecular complexity index is 1570. The summed E-state index contributed by atoms with van der Waals surface area (Å²) in [5.74, 6) is -0.00818. The molecule has 14 heteroatoms. The molecule has 1 amide bonds. The lowest BCUT2D eigenvalue weighted by Gasteiger charge is -2.35. The van der Waals surface area contributed by atoms with Gasteiger partial charge in [-0.05, 0) is 54.6 Å². The van der Waals surface area contributed by atoms with Crippen LogP contribution in [0.25, 0.3) is 10.2 Å². The minimum atomic E-state index is -3.88. The third-order valence-corrected chi connectivity index (χ3v) is 9.19. The molecule has 5 rings (SSSR count). The van der Waals surface area contributed by atoms with Gasteiger partial charge in [-0.1, -0.05) is 34.5 Å². The highest BCUT2D eigenvalue weighted by atomic mass is 35.5. The van der Waals surface area contributed by atoms with E-state index in [1.165, 1.54) is 28.4 Å². The summed E-state index contributed by atoms with van der Waals surface area (Å²) >= 11 is 19.7. The number of nitrogens with one attached hydrogen (secondary N) is 3.